The third kappa shape index (κ3) is 3.67. The Morgan fingerprint density at radius 1 is 1.21 bits per heavy atom. The van der Waals surface area contributed by atoms with Crippen molar-refractivity contribution in [1.82, 2.24) is 9.29 Å². The summed E-state index contributed by atoms with van der Waals surface area (Å²) >= 11 is 1.26. The number of aryl methyl sites for hydroxylation is 1. The Hall–Kier alpha value is -2.29. The van der Waals surface area contributed by atoms with E-state index in [1.807, 2.05) is 37.3 Å². The number of sulfonamides is 1. The van der Waals surface area contributed by atoms with Crippen molar-refractivity contribution in [2.45, 2.75) is 24.0 Å². The molecule has 1 aliphatic heterocycles. The number of aromatic nitrogens is 1. The van der Waals surface area contributed by atoms with Gasteiger partial charge in [0.25, 0.3) is 10.0 Å². The molecule has 0 saturated carbocycles. The van der Waals surface area contributed by atoms with Gasteiger partial charge < -0.3 is 5.32 Å². The van der Waals surface area contributed by atoms with Crippen LogP contribution in [0.1, 0.15) is 17.7 Å². The van der Waals surface area contributed by atoms with E-state index in [0.29, 0.717) is 29.3 Å². The molecule has 0 spiro atoms. The first-order valence-corrected chi connectivity index (χ1v) is 11.4. The fourth-order valence-electron chi connectivity index (χ4n) is 3.50. The van der Waals surface area contributed by atoms with Crippen LogP contribution in [-0.4, -0.2) is 36.7 Å². The quantitative estimate of drug-likeness (QED) is 0.705. The molecule has 1 aromatic carbocycles. The molecule has 1 aliphatic rings. The molecular formula is C20H21N3O3S2. The molecule has 3 aromatic rings. The smallest absolute Gasteiger partial charge is 0.252 e. The molecule has 0 bridgehead atoms. The lowest BCUT2D eigenvalue weighted by atomic mass is 9.98. The van der Waals surface area contributed by atoms with Crippen LogP contribution in [0.2, 0.25) is 0 Å². The fraction of sp³-hybridized carbons (Fsp3) is 0.300. The number of hydrogen-bond acceptors (Lipinski definition) is 5. The third-order valence-corrected chi connectivity index (χ3v) is 8.30. The third-order valence-electron chi connectivity index (χ3n) is 4.97. The van der Waals surface area contributed by atoms with Gasteiger partial charge in [0, 0.05) is 29.5 Å². The molecule has 1 N–H and O–H groups in total. The minimum Gasteiger partial charge on any atom is -0.325 e. The van der Waals surface area contributed by atoms with Crippen LogP contribution in [0, 0.1) is 12.8 Å². The van der Waals surface area contributed by atoms with Crippen LogP contribution >= 0.6 is 11.3 Å². The number of nitrogens with one attached hydrogen (secondary N) is 1. The summed E-state index contributed by atoms with van der Waals surface area (Å²) in [7, 11) is -3.55. The number of hydrogen-bond donors (Lipinski definition) is 1. The summed E-state index contributed by atoms with van der Waals surface area (Å²) in [6.07, 6.45) is 3.05. The van der Waals surface area contributed by atoms with Gasteiger partial charge in [0.1, 0.15) is 4.21 Å². The van der Waals surface area contributed by atoms with Gasteiger partial charge in [-0.2, -0.15) is 4.31 Å². The Balaban J connectivity index is 1.52. The lowest BCUT2D eigenvalue weighted by molar-refractivity contribution is -0.120. The van der Waals surface area contributed by atoms with Crippen LogP contribution in [0.3, 0.4) is 0 Å². The fourth-order valence-corrected chi connectivity index (χ4v) is 6.46. The maximum absolute atomic E-state index is 12.9. The average Bonchev–Trinajstić information content (AvgIpc) is 3.15. The molecule has 1 atom stereocenters. The van der Waals surface area contributed by atoms with E-state index in [2.05, 4.69) is 10.3 Å². The number of piperidine rings is 1. The van der Waals surface area contributed by atoms with Gasteiger partial charge in [0.2, 0.25) is 5.91 Å². The summed E-state index contributed by atoms with van der Waals surface area (Å²) in [5, 5.41) is 3.84. The summed E-state index contributed by atoms with van der Waals surface area (Å²) in [6.45, 7) is 2.53. The van der Waals surface area contributed by atoms with Crippen LogP contribution in [0.5, 0.6) is 0 Å². The molecule has 146 valence electrons. The van der Waals surface area contributed by atoms with E-state index in [9.17, 15) is 13.2 Å². The maximum atomic E-state index is 12.9. The molecular weight excluding hydrogens is 394 g/mol. The molecule has 1 saturated heterocycles. The van der Waals surface area contributed by atoms with Crippen LogP contribution < -0.4 is 5.32 Å². The zero-order valence-electron chi connectivity index (χ0n) is 15.5. The van der Waals surface area contributed by atoms with Crippen LogP contribution in [0.4, 0.5) is 5.69 Å². The number of rotatable bonds is 4. The minimum atomic E-state index is -3.55. The number of thiophene rings is 1. The monoisotopic (exact) mass is 415 g/mol. The summed E-state index contributed by atoms with van der Waals surface area (Å²) in [4.78, 5) is 18.1. The number of amides is 1. The highest BCUT2D eigenvalue weighted by molar-refractivity contribution is 7.91. The van der Waals surface area contributed by atoms with Crippen LogP contribution in [0.25, 0.3) is 10.9 Å². The highest BCUT2D eigenvalue weighted by Gasteiger charge is 2.34. The highest BCUT2D eigenvalue weighted by Crippen LogP contribution is 2.29. The molecule has 6 nitrogen and oxygen atoms in total. The van der Waals surface area contributed by atoms with Crippen molar-refractivity contribution in [3.63, 3.8) is 0 Å². The lowest BCUT2D eigenvalue weighted by Gasteiger charge is -2.30. The Morgan fingerprint density at radius 2 is 2.07 bits per heavy atom. The number of fused-ring (bicyclic) bond motifs is 1. The highest BCUT2D eigenvalue weighted by atomic mass is 32.2. The maximum Gasteiger partial charge on any atom is 0.252 e. The van der Waals surface area contributed by atoms with Crippen molar-refractivity contribution in [2.24, 2.45) is 5.92 Å². The molecule has 2 aromatic heterocycles. The Labute approximate surface area is 168 Å². The summed E-state index contributed by atoms with van der Waals surface area (Å²) < 4.78 is 27.6. The largest absolute Gasteiger partial charge is 0.325 e. The van der Waals surface area contributed by atoms with Crippen molar-refractivity contribution in [3.8, 4) is 0 Å². The Bertz CT molecular complexity index is 1120. The summed E-state index contributed by atoms with van der Waals surface area (Å²) in [6, 6.07) is 12.8. The second-order valence-electron chi connectivity index (χ2n) is 6.93. The second kappa shape index (κ2) is 7.62. The predicted molar refractivity (Wildman–Crippen MR) is 111 cm³/mol. The molecule has 1 fully saturated rings. The van der Waals surface area contributed by atoms with Gasteiger partial charge in [-0.25, -0.2) is 8.42 Å². The number of benzene rings is 1. The molecule has 0 aliphatic carbocycles. The standard InChI is InChI=1S/C20H21N3O3S2/c1-14-9-10-19(27-14)28(25,26)23-12-4-5-15(13-23)20(24)22-18-8-2-7-17-16(18)6-3-11-21-17/h2-3,6-11,15H,4-5,12-13H2,1H3,(H,22,24). The molecule has 0 radical (unpaired) electrons. The number of pyridine rings is 1. The van der Waals surface area contributed by atoms with Gasteiger partial charge in [-0.1, -0.05) is 6.07 Å². The second-order valence-corrected chi connectivity index (χ2v) is 10.4. The van der Waals surface area contributed by atoms with E-state index in [0.717, 1.165) is 15.8 Å². The van der Waals surface area contributed by atoms with E-state index >= 15 is 0 Å². The van der Waals surface area contributed by atoms with Crippen LogP contribution in [-0.2, 0) is 14.8 Å². The first-order valence-electron chi connectivity index (χ1n) is 9.16. The zero-order chi connectivity index (χ0) is 19.7. The van der Waals surface area contributed by atoms with Crippen molar-refractivity contribution in [1.29, 1.82) is 0 Å². The Morgan fingerprint density at radius 3 is 2.86 bits per heavy atom. The first-order chi connectivity index (χ1) is 13.4. The molecule has 28 heavy (non-hydrogen) atoms. The molecule has 1 unspecified atom stereocenters. The van der Waals surface area contributed by atoms with Gasteiger partial charge >= 0.3 is 0 Å². The van der Waals surface area contributed by atoms with Crippen LogP contribution in [0.15, 0.2) is 52.9 Å². The van der Waals surface area contributed by atoms with E-state index in [4.69, 9.17) is 0 Å². The molecule has 4 rings (SSSR count). The first kappa shape index (κ1) is 19.0. The van der Waals surface area contributed by atoms with Crippen molar-refractivity contribution in [2.75, 3.05) is 18.4 Å². The van der Waals surface area contributed by atoms with E-state index in [1.165, 1.54) is 15.6 Å². The van der Waals surface area contributed by atoms with Gasteiger partial charge in [-0.3, -0.25) is 9.78 Å². The van der Waals surface area contributed by atoms with Crippen molar-refractivity contribution < 1.29 is 13.2 Å². The molecule has 3 heterocycles. The van der Waals surface area contributed by atoms with Crippen molar-refractivity contribution in [3.05, 3.63) is 53.5 Å². The zero-order valence-corrected chi connectivity index (χ0v) is 17.1. The topological polar surface area (TPSA) is 79.4 Å². The van der Waals surface area contributed by atoms with E-state index in [-0.39, 0.29) is 18.4 Å². The van der Waals surface area contributed by atoms with E-state index < -0.39 is 10.0 Å². The van der Waals surface area contributed by atoms with E-state index in [1.54, 1.807) is 18.3 Å². The lowest BCUT2D eigenvalue weighted by Crippen LogP contribution is -2.43. The van der Waals surface area contributed by atoms with Gasteiger partial charge in [0.05, 0.1) is 17.1 Å². The van der Waals surface area contributed by atoms with Gasteiger partial charge in [0.15, 0.2) is 0 Å². The Kier molecular flexibility index (Phi) is 5.18. The normalized spacial score (nSPS) is 18.2. The van der Waals surface area contributed by atoms with Crippen molar-refractivity contribution >= 4 is 43.9 Å². The number of carbonyl (C=O) groups excluding carboxylic acids is 1. The van der Waals surface area contributed by atoms with Gasteiger partial charge in [-0.05, 0) is 56.2 Å². The SMILES string of the molecule is Cc1ccc(S(=O)(=O)N2CCCC(C(=O)Nc3cccc4ncccc34)C2)s1. The predicted octanol–water partition coefficient (Wildman–Crippen LogP) is 3.64. The number of nitrogens with zero attached hydrogens (tertiary/aromatic N) is 2. The number of carbonyl (C=O) groups is 1. The summed E-state index contributed by atoms with van der Waals surface area (Å²) in [5.74, 6) is -0.532. The molecule has 1 amide bonds. The average molecular weight is 416 g/mol. The minimum absolute atomic E-state index is 0.154. The summed E-state index contributed by atoms with van der Waals surface area (Å²) in [5.41, 5.74) is 1.51. The molecule has 8 heteroatoms. The number of anilines is 1. The van der Waals surface area contributed by atoms with Gasteiger partial charge in [-0.15, -0.1) is 11.3 Å².